The Labute approximate surface area is 189 Å². The first-order chi connectivity index (χ1) is 14.8. The van der Waals surface area contributed by atoms with Crippen LogP contribution in [0, 0.1) is 10.7 Å². The first kappa shape index (κ1) is 22.3. The van der Waals surface area contributed by atoms with Crippen molar-refractivity contribution in [3.05, 3.63) is 34.9 Å². The van der Waals surface area contributed by atoms with Crippen LogP contribution in [0.5, 0.6) is 5.75 Å². The van der Waals surface area contributed by atoms with Crippen LogP contribution in [-0.4, -0.2) is 72.5 Å². The highest BCUT2D eigenvalue weighted by Crippen LogP contribution is 2.23. The molecule has 8 nitrogen and oxygen atoms in total. The molecule has 0 aliphatic carbocycles. The van der Waals surface area contributed by atoms with E-state index in [-0.39, 0.29) is 11.7 Å². The summed E-state index contributed by atoms with van der Waals surface area (Å²) in [5, 5.41) is 4.75. The van der Waals surface area contributed by atoms with E-state index in [9.17, 15) is 8.42 Å². The zero-order valence-corrected chi connectivity index (χ0v) is 19.9. The predicted molar refractivity (Wildman–Crippen MR) is 124 cm³/mol. The molecule has 31 heavy (non-hydrogen) atoms. The minimum Gasteiger partial charge on any atom is -0.497 e. The van der Waals surface area contributed by atoms with Gasteiger partial charge in [-0.05, 0) is 55.2 Å². The van der Waals surface area contributed by atoms with Gasteiger partial charge in [0.05, 0.1) is 25.3 Å². The molecule has 3 heterocycles. The maximum atomic E-state index is 11.8. The maximum absolute atomic E-state index is 11.8. The van der Waals surface area contributed by atoms with Crippen molar-refractivity contribution in [2.24, 2.45) is 13.0 Å². The van der Waals surface area contributed by atoms with Gasteiger partial charge in [0.1, 0.15) is 11.6 Å². The molecule has 2 aromatic rings. The molecule has 0 amide bonds. The molecule has 2 aliphatic heterocycles. The summed E-state index contributed by atoms with van der Waals surface area (Å²) >= 11 is 5.62. The van der Waals surface area contributed by atoms with E-state index in [0.717, 1.165) is 50.6 Å². The molecular weight excluding hydrogens is 434 g/mol. The molecule has 10 heteroatoms. The third kappa shape index (κ3) is 5.30. The first-order valence-electron chi connectivity index (χ1n) is 10.8. The fourth-order valence-electron chi connectivity index (χ4n) is 4.45. The van der Waals surface area contributed by atoms with Gasteiger partial charge >= 0.3 is 0 Å². The third-order valence-electron chi connectivity index (χ3n) is 6.29. The maximum Gasteiger partial charge on any atom is 0.198 e. The number of hydrogen-bond donors (Lipinski definition) is 0. The lowest BCUT2D eigenvalue weighted by atomic mass is 10.1. The van der Waals surface area contributed by atoms with Crippen LogP contribution in [0.25, 0.3) is 0 Å². The van der Waals surface area contributed by atoms with E-state index in [1.807, 2.05) is 28.4 Å². The van der Waals surface area contributed by atoms with Crippen molar-refractivity contribution < 1.29 is 13.2 Å². The smallest absolute Gasteiger partial charge is 0.198 e. The summed E-state index contributed by atoms with van der Waals surface area (Å²) in [6.45, 7) is 4.53. The summed E-state index contributed by atoms with van der Waals surface area (Å²) in [6.07, 6.45) is 2.45. The van der Waals surface area contributed by atoms with E-state index in [2.05, 4.69) is 21.9 Å². The lowest BCUT2D eigenvalue weighted by molar-refractivity contribution is 0.219. The van der Waals surface area contributed by atoms with Crippen LogP contribution in [0.15, 0.2) is 24.3 Å². The van der Waals surface area contributed by atoms with E-state index >= 15 is 0 Å². The van der Waals surface area contributed by atoms with Crippen LogP contribution < -0.4 is 9.64 Å². The number of rotatable bonds is 6. The van der Waals surface area contributed by atoms with Gasteiger partial charge in [-0.25, -0.2) is 13.1 Å². The Morgan fingerprint density at radius 2 is 1.94 bits per heavy atom. The quantitative estimate of drug-likeness (QED) is 0.605. The van der Waals surface area contributed by atoms with Crippen molar-refractivity contribution in [1.82, 2.24) is 19.2 Å². The van der Waals surface area contributed by atoms with Gasteiger partial charge in [-0.15, -0.1) is 0 Å². The van der Waals surface area contributed by atoms with E-state index < -0.39 is 9.84 Å². The molecule has 2 aliphatic rings. The average Bonchev–Trinajstić information content (AvgIpc) is 3.11. The Hall–Kier alpha value is -1.91. The number of aromatic nitrogens is 3. The van der Waals surface area contributed by atoms with Gasteiger partial charge in [0.15, 0.2) is 14.6 Å². The Kier molecular flexibility index (Phi) is 6.68. The number of anilines is 1. The summed E-state index contributed by atoms with van der Waals surface area (Å²) in [6, 6.07) is 8.22. The van der Waals surface area contributed by atoms with Gasteiger partial charge in [0.2, 0.25) is 0 Å². The van der Waals surface area contributed by atoms with Crippen molar-refractivity contribution in [3.8, 4) is 5.75 Å². The highest BCUT2D eigenvalue weighted by molar-refractivity contribution is 7.91. The molecule has 4 rings (SSSR count). The molecule has 1 atom stereocenters. The normalized spacial score (nSPS) is 21.9. The molecule has 0 saturated carbocycles. The average molecular weight is 466 g/mol. The summed E-state index contributed by atoms with van der Waals surface area (Å²) in [7, 11) is 0.732. The Morgan fingerprint density at radius 3 is 2.61 bits per heavy atom. The van der Waals surface area contributed by atoms with E-state index in [4.69, 9.17) is 22.1 Å². The molecule has 0 radical (unpaired) electrons. The van der Waals surface area contributed by atoms with Crippen LogP contribution in [0.1, 0.15) is 18.7 Å². The van der Waals surface area contributed by atoms with E-state index in [1.165, 1.54) is 5.69 Å². The minimum atomic E-state index is -2.88. The van der Waals surface area contributed by atoms with E-state index in [1.54, 1.807) is 7.11 Å². The summed E-state index contributed by atoms with van der Waals surface area (Å²) in [4.78, 5) is 4.79. The summed E-state index contributed by atoms with van der Waals surface area (Å²) in [5.74, 6) is 2.45. The van der Waals surface area contributed by atoms with Gasteiger partial charge in [0.25, 0.3) is 0 Å². The highest BCUT2D eigenvalue weighted by atomic mass is 32.2. The third-order valence-corrected chi connectivity index (χ3v) is 8.61. The van der Waals surface area contributed by atoms with Crippen molar-refractivity contribution in [2.75, 3.05) is 49.7 Å². The monoisotopic (exact) mass is 465 g/mol. The molecular formula is C21H31N5O3S2. The fourth-order valence-corrected chi connectivity index (χ4v) is 6.51. The van der Waals surface area contributed by atoms with Gasteiger partial charge in [-0.1, -0.05) is 0 Å². The van der Waals surface area contributed by atoms with Gasteiger partial charge in [-0.2, -0.15) is 5.10 Å². The van der Waals surface area contributed by atoms with Gasteiger partial charge in [0, 0.05) is 45.3 Å². The second kappa shape index (κ2) is 9.30. The number of nitrogens with zero attached hydrogens (tertiary/aromatic N) is 5. The fraction of sp³-hybridized carbons (Fsp3) is 0.619. The van der Waals surface area contributed by atoms with Crippen LogP contribution in [-0.2, 0) is 30.0 Å². The number of ether oxygens (including phenoxy) is 1. The van der Waals surface area contributed by atoms with Crippen LogP contribution in [0.2, 0.25) is 0 Å². The van der Waals surface area contributed by atoms with Crippen LogP contribution in [0.4, 0.5) is 5.69 Å². The molecule has 2 saturated heterocycles. The van der Waals surface area contributed by atoms with Crippen molar-refractivity contribution in [3.63, 3.8) is 0 Å². The van der Waals surface area contributed by atoms with Gasteiger partial charge in [-0.3, -0.25) is 4.90 Å². The van der Waals surface area contributed by atoms with Crippen LogP contribution in [0.3, 0.4) is 0 Å². The Balaban J connectivity index is 1.38. The first-order valence-corrected chi connectivity index (χ1v) is 13.0. The molecule has 0 spiro atoms. The second-order valence-electron chi connectivity index (χ2n) is 8.53. The van der Waals surface area contributed by atoms with Crippen LogP contribution >= 0.6 is 12.2 Å². The molecule has 0 bridgehead atoms. The lowest BCUT2D eigenvalue weighted by Gasteiger charge is -2.23. The molecule has 170 valence electrons. The zero-order valence-electron chi connectivity index (χ0n) is 18.2. The number of benzene rings is 1. The molecule has 2 fully saturated rings. The number of methoxy groups -OCH3 is 1. The molecule has 1 aromatic carbocycles. The zero-order chi connectivity index (χ0) is 22.0. The summed E-state index contributed by atoms with van der Waals surface area (Å²) in [5.41, 5.74) is 1.21. The standard InChI is InChI=1S/C21H31N5O3S2/c1-23-20(14-17-8-13-31(27,28)15-17)22-26(21(23)30)16-24-9-3-10-25(12-11-24)18-4-6-19(29-2)7-5-18/h4-7,17H,3,8-16H2,1-2H3. The van der Waals surface area contributed by atoms with Crippen molar-refractivity contribution >= 4 is 27.7 Å². The Morgan fingerprint density at radius 1 is 1.16 bits per heavy atom. The SMILES string of the molecule is COc1ccc(N2CCCN(Cn3nc(CC4CCS(=O)(=O)C4)n(C)c3=S)CC2)cc1. The molecule has 1 aromatic heterocycles. The lowest BCUT2D eigenvalue weighted by Crippen LogP contribution is -2.32. The molecule has 0 N–H and O–H groups in total. The van der Waals surface area contributed by atoms with E-state index in [0.29, 0.717) is 23.6 Å². The minimum absolute atomic E-state index is 0.144. The topological polar surface area (TPSA) is 72.6 Å². The predicted octanol–water partition coefficient (Wildman–Crippen LogP) is 2.11. The van der Waals surface area contributed by atoms with Crippen molar-refractivity contribution in [1.29, 1.82) is 0 Å². The number of sulfone groups is 1. The Bertz CT molecular complexity index is 1060. The highest BCUT2D eigenvalue weighted by Gasteiger charge is 2.29. The van der Waals surface area contributed by atoms with Crippen molar-refractivity contribution in [2.45, 2.75) is 25.9 Å². The largest absolute Gasteiger partial charge is 0.497 e. The summed E-state index contributed by atoms with van der Waals surface area (Å²) < 4.78 is 33.3. The second-order valence-corrected chi connectivity index (χ2v) is 11.1. The molecule has 1 unspecified atom stereocenters. The van der Waals surface area contributed by atoms with Gasteiger partial charge < -0.3 is 14.2 Å². The number of hydrogen-bond acceptors (Lipinski definition) is 7.